The zero-order valence-corrected chi connectivity index (χ0v) is 18.9. The molecule has 6 heteroatoms. The van der Waals surface area contributed by atoms with Gasteiger partial charge in [0.15, 0.2) is 5.96 Å². The lowest BCUT2D eigenvalue weighted by molar-refractivity contribution is 0.152. The van der Waals surface area contributed by atoms with Gasteiger partial charge in [-0.1, -0.05) is 37.3 Å². The van der Waals surface area contributed by atoms with E-state index in [1.165, 1.54) is 51.1 Å². The monoisotopic (exact) mass is 473 g/mol. The third-order valence-corrected chi connectivity index (χ3v) is 4.96. The summed E-state index contributed by atoms with van der Waals surface area (Å²) in [6, 6.07) is 10.6. The lowest BCUT2D eigenvalue weighted by atomic mass is 10.0. The summed E-state index contributed by atoms with van der Waals surface area (Å²) in [5.41, 5.74) is 1.36. The molecule has 1 fully saturated rings. The summed E-state index contributed by atoms with van der Waals surface area (Å²) in [6.45, 7) is 10.2. The largest absolute Gasteiger partial charge is 0.356 e. The number of nitrogens with one attached hydrogen (secondary N) is 2. The van der Waals surface area contributed by atoms with E-state index in [0.29, 0.717) is 5.92 Å². The summed E-state index contributed by atoms with van der Waals surface area (Å²) in [6.07, 6.45) is 2.43. The quantitative estimate of drug-likeness (QED) is 0.264. The van der Waals surface area contributed by atoms with E-state index in [0.717, 1.165) is 19.0 Å². The highest BCUT2D eigenvalue weighted by Crippen LogP contribution is 2.12. The summed E-state index contributed by atoms with van der Waals surface area (Å²) in [7, 11) is 4.05. The van der Waals surface area contributed by atoms with E-state index in [9.17, 15) is 0 Å². The van der Waals surface area contributed by atoms with Crippen LogP contribution in [0.15, 0.2) is 35.3 Å². The summed E-state index contributed by atoms with van der Waals surface area (Å²) >= 11 is 0. The molecule has 1 aromatic carbocycles. The van der Waals surface area contributed by atoms with Crippen molar-refractivity contribution in [2.24, 2.45) is 4.99 Å². The van der Waals surface area contributed by atoms with Gasteiger partial charge in [-0.05, 0) is 37.9 Å². The van der Waals surface area contributed by atoms with Gasteiger partial charge in [-0.25, -0.2) is 0 Å². The average molecular weight is 473 g/mol. The van der Waals surface area contributed by atoms with Crippen molar-refractivity contribution in [3.63, 3.8) is 0 Å². The first-order valence-electron chi connectivity index (χ1n) is 9.59. The molecule has 2 rings (SSSR count). The Morgan fingerprint density at radius 3 is 2.42 bits per heavy atom. The molecule has 0 aliphatic carbocycles. The number of unbranched alkanes of at least 4 members (excludes halogenated alkanes) is 1. The SMILES string of the molecule is CN=C(NCCCCN1CCN(C)CC1)NCC(C)c1ccccc1.I. The van der Waals surface area contributed by atoms with Crippen LogP contribution in [-0.2, 0) is 0 Å². The first kappa shape index (κ1) is 23.2. The molecule has 0 spiro atoms. The van der Waals surface area contributed by atoms with E-state index >= 15 is 0 Å². The highest BCUT2D eigenvalue weighted by molar-refractivity contribution is 14.0. The maximum atomic E-state index is 4.33. The highest BCUT2D eigenvalue weighted by Gasteiger charge is 2.12. The Hall–Kier alpha value is -0.860. The molecule has 1 heterocycles. The van der Waals surface area contributed by atoms with Gasteiger partial charge < -0.3 is 20.4 Å². The molecule has 26 heavy (non-hydrogen) atoms. The minimum atomic E-state index is 0. The van der Waals surface area contributed by atoms with Crippen LogP contribution in [0.5, 0.6) is 0 Å². The third kappa shape index (κ3) is 8.68. The van der Waals surface area contributed by atoms with Crippen LogP contribution in [0.3, 0.4) is 0 Å². The van der Waals surface area contributed by atoms with Gasteiger partial charge in [0, 0.05) is 46.3 Å². The minimum Gasteiger partial charge on any atom is -0.356 e. The van der Waals surface area contributed by atoms with Crippen LogP contribution in [0.25, 0.3) is 0 Å². The number of halogens is 1. The van der Waals surface area contributed by atoms with Gasteiger partial charge in [-0.15, -0.1) is 24.0 Å². The Labute approximate surface area is 176 Å². The Morgan fingerprint density at radius 1 is 1.08 bits per heavy atom. The molecule has 0 radical (unpaired) electrons. The molecule has 1 saturated heterocycles. The lowest BCUT2D eigenvalue weighted by Crippen LogP contribution is -2.44. The maximum absolute atomic E-state index is 4.33. The zero-order valence-electron chi connectivity index (χ0n) is 16.6. The van der Waals surface area contributed by atoms with Gasteiger partial charge in [-0.2, -0.15) is 0 Å². The van der Waals surface area contributed by atoms with Crippen molar-refractivity contribution in [1.82, 2.24) is 20.4 Å². The molecule has 1 aliphatic rings. The first-order valence-corrected chi connectivity index (χ1v) is 9.59. The van der Waals surface area contributed by atoms with E-state index in [-0.39, 0.29) is 24.0 Å². The second kappa shape index (κ2) is 13.3. The second-order valence-electron chi connectivity index (χ2n) is 7.04. The second-order valence-corrected chi connectivity index (χ2v) is 7.04. The molecular weight excluding hydrogens is 437 g/mol. The van der Waals surface area contributed by atoms with Gasteiger partial charge in [0.2, 0.25) is 0 Å². The topological polar surface area (TPSA) is 42.9 Å². The van der Waals surface area contributed by atoms with Crippen LogP contribution in [-0.4, -0.2) is 75.7 Å². The van der Waals surface area contributed by atoms with Crippen molar-refractivity contribution in [3.05, 3.63) is 35.9 Å². The number of benzene rings is 1. The average Bonchev–Trinajstić information content (AvgIpc) is 2.66. The molecule has 0 bridgehead atoms. The number of hydrogen-bond acceptors (Lipinski definition) is 3. The lowest BCUT2D eigenvalue weighted by Gasteiger charge is -2.32. The molecule has 1 aliphatic heterocycles. The van der Waals surface area contributed by atoms with Crippen LogP contribution < -0.4 is 10.6 Å². The van der Waals surface area contributed by atoms with Gasteiger partial charge in [0.25, 0.3) is 0 Å². The number of piperazine rings is 1. The van der Waals surface area contributed by atoms with Crippen LogP contribution in [0.2, 0.25) is 0 Å². The zero-order chi connectivity index (χ0) is 17.9. The number of hydrogen-bond donors (Lipinski definition) is 2. The van der Waals surface area contributed by atoms with Crippen molar-refractivity contribution in [3.8, 4) is 0 Å². The fraction of sp³-hybridized carbons (Fsp3) is 0.650. The van der Waals surface area contributed by atoms with E-state index < -0.39 is 0 Å². The highest BCUT2D eigenvalue weighted by atomic mass is 127. The van der Waals surface area contributed by atoms with E-state index in [1.54, 1.807) is 0 Å². The van der Waals surface area contributed by atoms with Crippen molar-refractivity contribution in [1.29, 1.82) is 0 Å². The molecule has 2 N–H and O–H groups in total. The fourth-order valence-electron chi connectivity index (χ4n) is 3.11. The van der Waals surface area contributed by atoms with Crippen LogP contribution in [0.4, 0.5) is 0 Å². The van der Waals surface area contributed by atoms with Gasteiger partial charge in [0.05, 0.1) is 0 Å². The molecule has 1 unspecified atom stereocenters. The number of guanidine groups is 1. The van der Waals surface area contributed by atoms with E-state index in [4.69, 9.17) is 0 Å². The predicted molar refractivity (Wildman–Crippen MR) is 123 cm³/mol. The standard InChI is InChI=1S/C20H35N5.HI/c1-18(19-9-5-4-6-10-19)17-23-20(21-2)22-11-7-8-12-25-15-13-24(3)14-16-25;/h4-6,9-10,18H,7-8,11-17H2,1-3H3,(H2,21,22,23);1H. The van der Waals surface area contributed by atoms with Gasteiger partial charge in [0.1, 0.15) is 0 Å². The van der Waals surface area contributed by atoms with E-state index in [2.05, 4.69) is 69.7 Å². The summed E-state index contributed by atoms with van der Waals surface area (Å²) in [4.78, 5) is 9.31. The first-order chi connectivity index (χ1) is 12.2. The number of aliphatic imine (C=N–C) groups is 1. The molecule has 148 valence electrons. The molecule has 1 aromatic rings. The minimum absolute atomic E-state index is 0. The predicted octanol–water partition coefficient (Wildman–Crippen LogP) is 2.60. The van der Waals surface area contributed by atoms with Crippen molar-refractivity contribution in [2.45, 2.75) is 25.7 Å². The van der Waals surface area contributed by atoms with Crippen molar-refractivity contribution in [2.75, 3.05) is 59.9 Å². The Morgan fingerprint density at radius 2 is 1.77 bits per heavy atom. The van der Waals surface area contributed by atoms with Crippen LogP contribution >= 0.6 is 24.0 Å². The van der Waals surface area contributed by atoms with Crippen molar-refractivity contribution < 1.29 is 0 Å². The Kier molecular flexibility index (Phi) is 11.9. The molecular formula is C20H36IN5. The molecule has 0 amide bonds. The smallest absolute Gasteiger partial charge is 0.190 e. The number of likely N-dealkylation sites (N-methyl/N-ethyl adjacent to an activating group) is 1. The van der Waals surface area contributed by atoms with E-state index in [1.807, 2.05) is 7.05 Å². The fourth-order valence-corrected chi connectivity index (χ4v) is 3.11. The Bertz CT molecular complexity index is 500. The number of rotatable bonds is 8. The molecule has 5 nitrogen and oxygen atoms in total. The third-order valence-electron chi connectivity index (χ3n) is 4.96. The molecule has 0 aromatic heterocycles. The molecule has 1 atom stereocenters. The normalized spacial score (nSPS) is 17.4. The maximum Gasteiger partial charge on any atom is 0.190 e. The summed E-state index contributed by atoms with van der Waals surface area (Å²) in [5, 5.41) is 6.87. The Balaban J connectivity index is 0.00000338. The van der Waals surface area contributed by atoms with Gasteiger partial charge in [-0.3, -0.25) is 4.99 Å². The number of nitrogens with zero attached hydrogens (tertiary/aromatic N) is 3. The van der Waals surface area contributed by atoms with Gasteiger partial charge >= 0.3 is 0 Å². The van der Waals surface area contributed by atoms with Crippen LogP contribution in [0.1, 0.15) is 31.2 Å². The summed E-state index contributed by atoms with van der Waals surface area (Å²) < 4.78 is 0. The van der Waals surface area contributed by atoms with Crippen LogP contribution in [0, 0.1) is 0 Å². The van der Waals surface area contributed by atoms with Crippen molar-refractivity contribution >= 4 is 29.9 Å². The summed E-state index contributed by atoms with van der Waals surface area (Å²) in [5.74, 6) is 1.37. The molecule has 0 saturated carbocycles.